The Morgan fingerprint density at radius 3 is 2.59 bits per heavy atom. The van der Waals surface area contributed by atoms with E-state index >= 15 is 0 Å². The maximum Gasteiger partial charge on any atom is 0.419 e. The van der Waals surface area contributed by atoms with Gasteiger partial charge in [0.2, 0.25) is 0 Å². The molecule has 7 heteroatoms. The number of benzene rings is 2. The van der Waals surface area contributed by atoms with Crippen LogP contribution in [0.5, 0.6) is 0 Å². The highest BCUT2D eigenvalue weighted by molar-refractivity contribution is 6.30. The summed E-state index contributed by atoms with van der Waals surface area (Å²) in [6.45, 7) is 5.14. The molecule has 6 nitrogen and oxygen atoms in total. The number of oxazole rings is 1. The molecule has 27 heavy (non-hydrogen) atoms. The number of hydrogen-bond acceptors (Lipinski definition) is 4. The number of fused-ring (bicyclic) bond motifs is 1. The number of halogens is 1. The molecule has 0 atom stereocenters. The lowest BCUT2D eigenvalue weighted by atomic mass is 10.1. The number of amides is 1. The molecule has 1 aromatic heterocycles. The molecular formula is C20H20ClN3O3. The third kappa shape index (κ3) is 3.32. The van der Waals surface area contributed by atoms with E-state index in [9.17, 15) is 9.59 Å². The molecule has 4 rings (SSSR count). The Balaban J connectivity index is 1.51. The van der Waals surface area contributed by atoms with E-state index in [0.29, 0.717) is 41.3 Å². The Labute approximate surface area is 161 Å². The average molecular weight is 386 g/mol. The van der Waals surface area contributed by atoms with Crippen LogP contribution in [0.2, 0.25) is 5.02 Å². The Morgan fingerprint density at radius 1 is 1.11 bits per heavy atom. The summed E-state index contributed by atoms with van der Waals surface area (Å²) in [5, 5.41) is 0.710. The Kier molecular flexibility index (Phi) is 4.66. The van der Waals surface area contributed by atoms with Crippen molar-refractivity contribution in [1.82, 2.24) is 9.47 Å². The van der Waals surface area contributed by atoms with Crippen LogP contribution in [0.3, 0.4) is 0 Å². The first-order chi connectivity index (χ1) is 13.1. The lowest BCUT2D eigenvalue weighted by Crippen LogP contribution is -2.48. The summed E-state index contributed by atoms with van der Waals surface area (Å²) in [6.07, 6.45) is 0. The van der Waals surface area contributed by atoms with Gasteiger partial charge < -0.3 is 14.2 Å². The minimum atomic E-state index is -0.396. The van der Waals surface area contributed by atoms with Crippen LogP contribution in [0.4, 0.5) is 5.69 Å². The van der Waals surface area contributed by atoms with Crippen molar-refractivity contribution in [3.05, 3.63) is 63.6 Å². The first-order valence-corrected chi connectivity index (χ1v) is 9.38. The van der Waals surface area contributed by atoms with Crippen molar-refractivity contribution in [1.29, 1.82) is 0 Å². The van der Waals surface area contributed by atoms with E-state index in [0.717, 1.165) is 18.8 Å². The summed E-state index contributed by atoms with van der Waals surface area (Å²) in [5.41, 5.74) is 2.80. The second-order valence-corrected chi connectivity index (χ2v) is 6.99. The summed E-state index contributed by atoms with van der Waals surface area (Å²) in [6, 6.07) is 12.9. The zero-order valence-electron chi connectivity index (χ0n) is 15.0. The SMILES string of the molecule is CCn1c(=O)oc2ccc(C(=O)N3CCN(c4cccc(Cl)c4)CC3)cc21. The van der Waals surface area contributed by atoms with Crippen LogP contribution in [0.25, 0.3) is 11.1 Å². The molecule has 0 unspecified atom stereocenters. The first-order valence-electron chi connectivity index (χ1n) is 9.00. The molecule has 0 spiro atoms. The van der Waals surface area contributed by atoms with Crippen LogP contribution in [-0.2, 0) is 6.54 Å². The molecule has 1 aliphatic heterocycles. The van der Waals surface area contributed by atoms with Crippen molar-refractivity contribution in [2.75, 3.05) is 31.1 Å². The average Bonchev–Trinajstić information content (AvgIpc) is 3.01. The molecule has 3 aromatic rings. The summed E-state index contributed by atoms with van der Waals surface area (Å²) < 4.78 is 6.74. The number of aromatic nitrogens is 1. The number of carbonyl (C=O) groups excluding carboxylic acids is 1. The van der Waals surface area contributed by atoms with E-state index in [1.54, 1.807) is 18.2 Å². The molecule has 0 saturated carbocycles. The van der Waals surface area contributed by atoms with E-state index in [-0.39, 0.29) is 5.91 Å². The Hall–Kier alpha value is -2.73. The highest BCUT2D eigenvalue weighted by Gasteiger charge is 2.23. The predicted molar refractivity (Wildman–Crippen MR) is 106 cm³/mol. The Bertz CT molecular complexity index is 1050. The Morgan fingerprint density at radius 2 is 1.89 bits per heavy atom. The second kappa shape index (κ2) is 7.12. The van der Waals surface area contributed by atoms with E-state index in [1.165, 1.54) is 4.57 Å². The molecule has 2 heterocycles. The molecule has 0 radical (unpaired) electrons. The van der Waals surface area contributed by atoms with Gasteiger partial charge >= 0.3 is 5.76 Å². The second-order valence-electron chi connectivity index (χ2n) is 6.55. The van der Waals surface area contributed by atoms with Crippen LogP contribution in [0.15, 0.2) is 51.7 Å². The monoisotopic (exact) mass is 385 g/mol. The number of rotatable bonds is 3. The normalized spacial score (nSPS) is 14.7. The molecule has 1 aliphatic rings. The van der Waals surface area contributed by atoms with Gasteiger partial charge in [-0.05, 0) is 43.3 Å². The van der Waals surface area contributed by atoms with Crippen molar-refractivity contribution < 1.29 is 9.21 Å². The van der Waals surface area contributed by atoms with Gasteiger partial charge in [-0.2, -0.15) is 0 Å². The van der Waals surface area contributed by atoms with E-state index in [1.807, 2.05) is 36.1 Å². The molecular weight excluding hydrogens is 366 g/mol. The van der Waals surface area contributed by atoms with Crippen LogP contribution in [0.1, 0.15) is 17.3 Å². The number of carbonyl (C=O) groups is 1. The molecule has 0 aliphatic carbocycles. The van der Waals surface area contributed by atoms with Crippen LogP contribution < -0.4 is 10.7 Å². The lowest BCUT2D eigenvalue weighted by molar-refractivity contribution is 0.0747. The molecule has 0 N–H and O–H groups in total. The third-order valence-electron chi connectivity index (χ3n) is 4.97. The molecule has 140 valence electrons. The van der Waals surface area contributed by atoms with Crippen molar-refractivity contribution in [2.45, 2.75) is 13.5 Å². The summed E-state index contributed by atoms with van der Waals surface area (Å²) in [4.78, 5) is 28.8. The number of nitrogens with zero attached hydrogens (tertiary/aromatic N) is 3. The van der Waals surface area contributed by atoms with E-state index in [4.69, 9.17) is 16.0 Å². The number of anilines is 1. The molecule has 1 fully saturated rings. The van der Waals surface area contributed by atoms with Gasteiger partial charge in [0, 0.05) is 49.0 Å². The molecule has 0 bridgehead atoms. The quantitative estimate of drug-likeness (QED) is 0.694. The molecule has 1 amide bonds. The molecule has 1 saturated heterocycles. The first kappa shape index (κ1) is 17.7. The number of hydrogen-bond donors (Lipinski definition) is 0. The van der Waals surface area contributed by atoms with Crippen LogP contribution in [0, 0.1) is 0 Å². The third-order valence-corrected chi connectivity index (χ3v) is 5.21. The maximum absolute atomic E-state index is 12.9. The fourth-order valence-electron chi connectivity index (χ4n) is 3.52. The van der Waals surface area contributed by atoms with E-state index in [2.05, 4.69) is 4.90 Å². The minimum absolute atomic E-state index is 0.0288. The molecule has 2 aromatic carbocycles. The fourth-order valence-corrected chi connectivity index (χ4v) is 3.70. The van der Waals surface area contributed by atoms with E-state index < -0.39 is 5.76 Å². The highest BCUT2D eigenvalue weighted by atomic mass is 35.5. The highest BCUT2D eigenvalue weighted by Crippen LogP contribution is 2.22. The van der Waals surface area contributed by atoms with Crippen LogP contribution >= 0.6 is 11.6 Å². The van der Waals surface area contributed by atoms with Crippen molar-refractivity contribution in [3.8, 4) is 0 Å². The standard InChI is InChI=1S/C20H20ClN3O3/c1-2-24-17-12-14(6-7-18(17)27-20(24)26)19(25)23-10-8-22(9-11-23)16-5-3-4-15(21)13-16/h3-7,12-13H,2,8-11H2,1H3. The van der Waals surface area contributed by atoms with Gasteiger partial charge in [0.05, 0.1) is 5.52 Å². The summed E-state index contributed by atoms with van der Waals surface area (Å²) in [5.74, 6) is -0.425. The summed E-state index contributed by atoms with van der Waals surface area (Å²) >= 11 is 6.07. The van der Waals surface area contributed by atoms with Gasteiger partial charge in [0.25, 0.3) is 5.91 Å². The summed E-state index contributed by atoms with van der Waals surface area (Å²) in [7, 11) is 0. The van der Waals surface area contributed by atoms with Crippen molar-refractivity contribution in [2.24, 2.45) is 0 Å². The zero-order valence-corrected chi connectivity index (χ0v) is 15.8. The van der Waals surface area contributed by atoms with Gasteiger partial charge in [0.15, 0.2) is 5.58 Å². The van der Waals surface area contributed by atoms with Gasteiger partial charge in [-0.3, -0.25) is 9.36 Å². The minimum Gasteiger partial charge on any atom is -0.408 e. The van der Waals surface area contributed by atoms with Gasteiger partial charge in [-0.25, -0.2) is 4.79 Å². The van der Waals surface area contributed by atoms with Crippen molar-refractivity contribution in [3.63, 3.8) is 0 Å². The van der Waals surface area contributed by atoms with Gasteiger partial charge in [-0.1, -0.05) is 17.7 Å². The van der Waals surface area contributed by atoms with Crippen molar-refractivity contribution >= 4 is 34.3 Å². The lowest BCUT2D eigenvalue weighted by Gasteiger charge is -2.36. The topological polar surface area (TPSA) is 58.7 Å². The van der Waals surface area contributed by atoms with Crippen LogP contribution in [-0.4, -0.2) is 41.6 Å². The smallest absolute Gasteiger partial charge is 0.408 e. The van der Waals surface area contributed by atoms with Gasteiger partial charge in [0.1, 0.15) is 0 Å². The maximum atomic E-state index is 12.9. The van der Waals surface area contributed by atoms with Gasteiger partial charge in [-0.15, -0.1) is 0 Å². The fraction of sp³-hybridized carbons (Fsp3) is 0.300. The predicted octanol–water partition coefficient (Wildman–Crippen LogP) is 3.23. The number of piperazine rings is 1. The largest absolute Gasteiger partial charge is 0.419 e. The zero-order chi connectivity index (χ0) is 19.0. The number of aryl methyl sites for hydroxylation is 1.